The van der Waals surface area contributed by atoms with E-state index in [2.05, 4.69) is 96.1 Å². The van der Waals surface area contributed by atoms with Crippen LogP contribution in [0.2, 0.25) is 0 Å². The van der Waals surface area contributed by atoms with Gasteiger partial charge in [0, 0.05) is 0 Å². The van der Waals surface area contributed by atoms with Gasteiger partial charge in [-0.25, -0.2) is 0 Å². The van der Waals surface area contributed by atoms with E-state index in [4.69, 9.17) is 17.0 Å². The topological polar surface area (TPSA) is 0 Å². The number of hydrogen-bond donors (Lipinski definition) is 0. The van der Waals surface area contributed by atoms with E-state index in [9.17, 15) is 0 Å². The molecule has 0 aliphatic rings. The maximum atomic E-state index is 5.13. The molecule has 0 heterocycles. The van der Waals surface area contributed by atoms with Crippen LogP contribution in [-0.2, 0) is 18.9 Å². The summed E-state index contributed by atoms with van der Waals surface area (Å²) in [7, 11) is 10.3. The minimum absolute atomic E-state index is 0. The second-order valence-electron chi connectivity index (χ2n) is 5.15. The Morgan fingerprint density at radius 1 is 0.846 bits per heavy atom. The first kappa shape index (κ1) is 25.0. The third kappa shape index (κ3) is 10.2. The molecule has 4 aromatic carbocycles. The third-order valence-corrected chi connectivity index (χ3v) is 3.10. The van der Waals surface area contributed by atoms with E-state index in [1.807, 2.05) is 6.92 Å². The molecular formula is C23H26Cl2Zr-4. The zero-order valence-electron chi connectivity index (χ0n) is 15.5. The normalized spacial score (nSPS) is 8.77. The van der Waals surface area contributed by atoms with Gasteiger partial charge in [-0.1, -0.05) is 19.1 Å². The average molecular weight is 465 g/mol. The summed E-state index contributed by atoms with van der Waals surface area (Å²) < 4.78 is 3.37. The number of fused-ring (bicyclic) bond motifs is 2. The largest absolute Gasteiger partial charge is 0.358 e. The van der Waals surface area contributed by atoms with Crippen molar-refractivity contribution in [2.45, 2.75) is 13.3 Å². The third-order valence-electron chi connectivity index (χ3n) is 3.10. The van der Waals surface area contributed by atoms with Gasteiger partial charge in [0.15, 0.2) is 0 Å². The van der Waals surface area contributed by atoms with E-state index in [1.54, 1.807) is 0 Å². The van der Waals surface area contributed by atoms with Crippen molar-refractivity contribution in [3.63, 3.8) is 0 Å². The summed E-state index contributed by atoms with van der Waals surface area (Å²) >= 11 is -1.85. The molecule has 4 aromatic rings. The molecule has 0 N–H and O–H groups in total. The molecule has 0 saturated carbocycles. The van der Waals surface area contributed by atoms with Gasteiger partial charge in [0.2, 0.25) is 0 Å². The standard InChI is InChI=1S/2C9H7.C3H7.CH3.CH2.2ClH.Zr/c2*1-2-5-9-7-3-6-8(9)4-1;1-3-2;;;;;/h2*1-7H;1,3H2,2H3;1H3;1H2;2*1H;/q4*-1;;;;+2/p-2. The Balaban J connectivity index is 0.000000350. The first-order chi connectivity index (χ1) is 12.1. The monoisotopic (exact) mass is 462 g/mol. The van der Waals surface area contributed by atoms with Gasteiger partial charge in [-0.15, -0.1) is 59.3 Å². The van der Waals surface area contributed by atoms with Crippen molar-refractivity contribution in [3.8, 4) is 0 Å². The zero-order valence-corrected chi connectivity index (χ0v) is 19.4. The Kier molecular flexibility index (Phi) is 14.5. The Morgan fingerprint density at radius 3 is 1.46 bits per heavy atom. The van der Waals surface area contributed by atoms with Gasteiger partial charge in [-0.3, -0.25) is 0 Å². The summed E-state index contributed by atoms with van der Waals surface area (Å²) in [5.41, 5.74) is 0. The quantitative estimate of drug-likeness (QED) is 0.230. The smallest absolute Gasteiger partial charge is 0.0809 e. The second-order valence-corrected chi connectivity index (χ2v) is 13.4. The van der Waals surface area contributed by atoms with Crippen LogP contribution in [0.1, 0.15) is 13.3 Å². The van der Waals surface area contributed by atoms with Crippen LogP contribution in [0.25, 0.3) is 21.5 Å². The van der Waals surface area contributed by atoms with Gasteiger partial charge in [0.1, 0.15) is 0 Å². The SMILES string of the molecule is [CH2-]CC.[CH2]=[Zr]([Cl])[Cl].[CH3-].c1ccc2[cH-]ccc2c1.c1ccc2[cH-]ccc2c1. The Morgan fingerprint density at radius 2 is 1.15 bits per heavy atom. The number of halogens is 2. The van der Waals surface area contributed by atoms with E-state index < -0.39 is 18.9 Å². The van der Waals surface area contributed by atoms with Crippen LogP contribution < -0.4 is 0 Å². The van der Waals surface area contributed by atoms with E-state index in [0.29, 0.717) is 0 Å². The molecule has 26 heavy (non-hydrogen) atoms. The average Bonchev–Trinajstić information content (AvgIpc) is 3.24. The summed E-state index contributed by atoms with van der Waals surface area (Å²) in [5.74, 6) is 0. The molecule has 0 fully saturated rings. The molecule has 0 nitrogen and oxygen atoms in total. The summed E-state index contributed by atoms with van der Waals surface area (Å²) in [5, 5.41) is 5.32. The van der Waals surface area contributed by atoms with Gasteiger partial charge < -0.3 is 14.4 Å². The second kappa shape index (κ2) is 15.1. The number of benzene rings is 2. The first-order valence-electron chi connectivity index (χ1n) is 8.08. The molecule has 0 radical (unpaired) electrons. The van der Waals surface area contributed by atoms with Gasteiger partial charge in [0.25, 0.3) is 0 Å². The predicted octanol–water partition coefficient (Wildman–Crippen LogP) is 8.14. The number of rotatable bonds is 0. The molecule has 140 valence electrons. The van der Waals surface area contributed by atoms with E-state index in [1.165, 1.54) is 21.5 Å². The van der Waals surface area contributed by atoms with Crippen LogP contribution in [0.3, 0.4) is 0 Å². The summed E-state index contributed by atoms with van der Waals surface area (Å²) in [6, 6.07) is 29.3. The molecule has 0 amide bonds. The van der Waals surface area contributed by atoms with E-state index >= 15 is 0 Å². The number of hydrogen-bond acceptors (Lipinski definition) is 0. The van der Waals surface area contributed by atoms with Gasteiger partial charge >= 0.3 is 40.1 Å². The van der Waals surface area contributed by atoms with E-state index in [-0.39, 0.29) is 7.43 Å². The van der Waals surface area contributed by atoms with Crippen molar-refractivity contribution in [1.82, 2.24) is 0 Å². The van der Waals surface area contributed by atoms with Crippen LogP contribution in [-0.4, -0.2) is 4.21 Å². The Bertz CT molecular complexity index is 728. The first-order valence-corrected chi connectivity index (χ1v) is 16.1. The van der Waals surface area contributed by atoms with Crippen molar-refractivity contribution in [3.05, 3.63) is 99.3 Å². The Labute approximate surface area is 173 Å². The molecular weight excluding hydrogens is 438 g/mol. The van der Waals surface area contributed by atoms with E-state index in [0.717, 1.165) is 6.42 Å². The van der Waals surface area contributed by atoms with Crippen molar-refractivity contribution < 1.29 is 18.9 Å². The van der Waals surface area contributed by atoms with Crippen LogP contribution in [0, 0.1) is 14.4 Å². The molecule has 0 aliphatic carbocycles. The molecule has 0 bridgehead atoms. The minimum atomic E-state index is -1.85. The van der Waals surface area contributed by atoms with Gasteiger partial charge in [-0.2, -0.15) is 41.5 Å². The Hall–Kier alpha value is -1.01. The molecule has 3 heteroatoms. The summed E-state index contributed by atoms with van der Waals surface area (Å²) in [4.78, 5) is 0. The molecule has 0 atom stereocenters. The zero-order chi connectivity index (χ0) is 18.5. The van der Waals surface area contributed by atoms with Crippen molar-refractivity contribution in [2.75, 3.05) is 0 Å². The van der Waals surface area contributed by atoms with Gasteiger partial charge in [0.05, 0.1) is 0 Å². The van der Waals surface area contributed by atoms with Crippen LogP contribution in [0.5, 0.6) is 0 Å². The molecule has 0 aliphatic heterocycles. The summed E-state index contributed by atoms with van der Waals surface area (Å²) in [6.07, 6.45) is 1.00. The maximum Gasteiger partial charge on any atom is -0.0809 e. The van der Waals surface area contributed by atoms with Crippen LogP contribution in [0.15, 0.2) is 84.9 Å². The van der Waals surface area contributed by atoms with Crippen LogP contribution in [0.4, 0.5) is 0 Å². The van der Waals surface area contributed by atoms with Crippen molar-refractivity contribution >= 4 is 42.8 Å². The molecule has 0 unspecified atom stereocenters. The van der Waals surface area contributed by atoms with Crippen molar-refractivity contribution in [1.29, 1.82) is 0 Å². The fourth-order valence-electron chi connectivity index (χ4n) is 2.14. The molecule has 0 saturated heterocycles. The fraction of sp³-hybridized carbons (Fsp3) is 0.0870. The van der Waals surface area contributed by atoms with Gasteiger partial charge in [-0.05, 0) is 0 Å². The molecule has 0 spiro atoms. The molecule has 0 aromatic heterocycles. The summed E-state index contributed by atoms with van der Waals surface area (Å²) in [6.45, 7) is 5.50. The van der Waals surface area contributed by atoms with Crippen LogP contribution >= 0.6 is 17.0 Å². The predicted molar refractivity (Wildman–Crippen MR) is 120 cm³/mol. The minimum Gasteiger partial charge on any atom is -0.358 e. The maximum absolute atomic E-state index is 5.13. The molecule has 4 rings (SSSR count). The fourth-order valence-corrected chi connectivity index (χ4v) is 2.14. The van der Waals surface area contributed by atoms with Crippen molar-refractivity contribution in [2.24, 2.45) is 0 Å².